The molecule has 2 aromatic rings. The highest BCUT2D eigenvalue weighted by atomic mass is 32.2. The van der Waals surface area contributed by atoms with Crippen LogP contribution >= 0.6 is 0 Å². The van der Waals surface area contributed by atoms with Gasteiger partial charge in [-0.1, -0.05) is 63.2 Å². The molecule has 3 rings (SSSR count). The molecule has 0 amide bonds. The van der Waals surface area contributed by atoms with Crippen LogP contribution in [-0.2, 0) is 15.4 Å². The smallest absolute Gasteiger partial charge is 0.243 e. The molecular formula is C22H30N2O2S. The van der Waals surface area contributed by atoms with Crippen molar-refractivity contribution in [3.63, 3.8) is 0 Å². The lowest BCUT2D eigenvalue weighted by molar-refractivity contribution is 0.146. The predicted molar refractivity (Wildman–Crippen MR) is 110 cm³/mol. The number of piperazine rings is 1. The van der Waals surface area contributed by atoms with Crippen molar-refractivity contribution >= 4 is 10.0 Å². The maximum atomic E-state index is 13.0. The fourth-order valence-electron chi connectivity index (χ4n) is 3.55. The lowest BCUT2D eigenvalue weighted by atomic mass is 9.87. The van der Waals surface area contributed by atoms with Gasteiger partial charge in [0.15, 0.2) is 0 Å². The molecule has 0 aliphatic carbocycles. The molecule has 1 unspecified atom stereocenters. The molecule has 1 saturated heterocycles. The summed E-state index contributed by atoms with van der Waals surface area (Å²) < 4.78 is 27.6. The Morgan fingerprint density at radius 1 is 0.852 bits per heavy atom. The van der Waals surface area contributed by atoms with Crippen LogP contribution < -0.4 is 0 Å². The van der Waals surface area contributed by atoms with Gasteiger partial charge in [-0.25, -0.2) is 8.42 Å². The number of sulfonamides is 1. The SMILES string of the molecule is CC(c1ccccc1)N1CCN(S(=O)(=O)c2ccc(C(C)(C)C)cc2)CC1. The molecule has 0 aromatic heterocycles. The first-order valence-corrected chi connectivity index (χ1v) is 11.0. The van der Waals surface area contributed by atoms with E-state index in [2.05, 4.69) is 44.7 Å². The Balaban J connectivity index is 1.68. The van der Waals surface area contributed by atoms with E-state index < -0.39 is 10.0 Å². The Kier molecular flexibility index (Phi) is 5.75. The number of hydrogen-bond acceptors (Lipinski definition) is 3. The van der Waals surface area contributed by atoms with E-state index in [9.17, 15) is 8.42 Å². The minimum Gasteiger partial charge on any atom is -0.294 e. The van der Waals surface area contributed by atoms with Gasteiger partial charge in [0.2, 0.25) is 10.0 Å². The first kappa shape index (κ1) is 20.1. The van der Waals surface area contributed by atoms with Crippen LogP contribution in [0.3, 0.4) is 0 Å². The van der Waals surface area contributed by atoms with Crippen molar-refractivity contribution in [3.05, 3.63) is 65.7 Å². The minimum atomic E-state index is -3.43. The molecule has 1 aliphatic rings. The summed E-state index contributed by atoms with van der Waals surface area (Å²) in [4.78, 5) is 2.74. The maximum absolute atomic E-state index is 13.0. The third kappa shape index (κ3) is 4.42. The van der Waals surface area contributed by atoms with Gasteiger partial charge in [-0.15, -0.1) is 0 Å². The van der Waals surface area contributed by atoms with Crippen LogP contribution in [0.4, 0.5) is 0 Å². The first-order chi connectivity index (χ1) is 12.7. The van der Waals surface area contributed by atoms with E-state index in [0.29, 0.717) is 24.0 Å². The Hall–Kier alpha value is -1.69. The Labute approximate surface area is 163 Å². The molecule has 2 aromatic carbocycles. The summed E-state index contributed by atoms with van der Waals surface area (Å²) in [7, 11) is -3.43. The van der Waals surface area contributed by atoms with E-state index in [1.54, 1.807) is 16.4 Å². The van der Waals surface area contributed by atoms with Crippen LogP contribution in [0.25, 0.3) is 0 Å². The zero-order chi connectivity index (χ0) is 19.7. The molecule has 0 N–H and O–H groups in total. The summed E-state index contributed by atoms with van der Waals surface area (Å²) in [5.41, 5.74) is 2.43. The molecule has 1 fully saturated rings. The largest absolute Gasteiger partial charge is 0.294 e. The molecule has 27 heavy (non-hydrogen) atoms. The second-order valence-electron chi connectivity index (χ2n) is 8.30. The molecular weight excluding hydrogens is 356 g/mol. The molecule has 0 spiro atoms. The molecule has 1 heterocycles. The molecule has 1 aliphatic heterocycles. The summed E-state index contributed by atoms with van der Waals surface area (Å²) >= 11 is 0. The van der Waals surface area contributed by atoms with Crippen molar-refractivity contribution in [1.29, 1.82) is 0 Å². The van der Waals surface area contributed by atoms with E-state index in [1.165, 1.54) is 5.56 Å². The molecule has 5 heteroatoms. The third-order valence-electron chi connectivity index (χ3n) is 5.46. The molecule has 0 saturated carbocycles. The monoisotopic (exact) mass is 386 g/mol. The van der Waals surface area contributed by atoms with E-state index in [-0.39, 0.29) is 5.41 Å². The zero-order valence-corrected chi connectivity index (χ0v) is 17.5. The first-order valence-electron chi connectivity index (χ1n) is 9.59. The van der Waals surface area contributed by atoms with Gasteiger partial charge < -0.3 is 0 Å². The van der Waals surface area contributed by atoms with Crippen molar-refractivity contribution in [2.24, 2.45) is 0 Å². The van der Waals surface area contributed by atoms with E-state index in [4.69, 9.17) is 0 Å². The van der Waals surface area contributed by atoms with Crippen molar-refractivity contribution in [2.75, 3.05) is 26.2 Å². The quantitative estimate of drug-likeness (QED) is 0.796. The summed E-state index contributed by atoms with van der Waals surface area (Å²) in [6.45, 7) is 11.1. The van der Waals surface area contributed by atoms with E-state index in [1.807, 2.05) is 30.3 Å². The Morgan fingerprint density at radius 3 is 1.93 bits per heavy atom. The van der Waals surface area contributed by atoms with Gasteiger partial charge in [0.25, 0.3) is 0 Å². The van der Waals surface area contributed by atoms with Crippen LogP contribution in [0.15, 0.2) is 59.5 Å². The minimum absolute atomic E-state index is 0.0154. The molecule has 0 radical (unpaired) electrons. The van der Waals surface area contributed by atoms with Crippen LogP contribution in [-0.4, -0.2) is 43.8 Å². The van der Waals surface area contributed by atoms with Crippen LogP contribution in [0.2, 0.25) is 0 Å². The lowest BCUT2D eigenvalue weighted by Gasteiger charge is -2.37. The van der Waals surface area contributed by atoms with Crippen molar-refractivity contribution in [3.8, 4) is 0 Å². The molecule has 1 atom stereocenters. The number of hydrogen-bond donors (Lipinski definition) is 0. The standard InChI is InChI=1S/C22H30N2O2S/c1-18(19-8-6-5-7-9-19)23-14-16-24(17-15-23)27(25,26)21-12-10-20(11-13-21)22(2,3)4/h5-13,18H,14-17H2,1-4H3. The summed E-state index contributed by atoms with van der Waals surface area (Å²) in [6, 6.07) is 18.0. The number of benzene rings is 2. The normalized spacial score (nSPS) is 18.4. The molecule has 0 bridgehead atoms. The topological polar surface area (TPSA) is 40.6 Å². The second-order valence-corrected chi connectivity index (χ2v) is 10.2. The summed E-state index contributed by atoms with van der Waals surface area (Å²) in [6.07, 6.45) is 0. The average Bonchev–Trinajstić information content (AvgIpc) is 2.67. The third-order valence-corrected chi connectivity index (χ3v) is 7.37. The van der Waals surface area contributed by atoms with Gasteiger partial charge >= 0.3 is 0 Å². The van der Waals surface area contributed by atoms with Crippen LogP contribution in [0.5, 0.6) is 0 Å². The highest BCUT2D eigenvalue weighted by molar-refractivity contribution is 7.89. The van der Waals surface area contributed by atoms with Crippen molar-refractivity contribution in [2.45, 2.75) is 44.0 Å². The Morgan fingerprint density at radius 2 is 1.41 bits per heavy atom. The summed E-state index contributed by atoms with van der Waals surface area (Å²) in [5.74, 6) is 0. The molecule has 4 nitrogen and oxygen atoms in total. The lowest BCUT2D eigenvalue weighted by Crippen LogP contribution is -2.49. The number of nitrogens with zero attached hydrogens (tertiary/aromatic N) is 2. The fourth-order valence-corrected chi connectivity index (χ4v) is 4.97. The second kappa shape index (κ2) is 7.74. The van der Waals surface area contributed by atoms with Crippen molar-refractivity contribution in [1.82, 2.24) is 9.21 Å². The van der Waals surface area contributed by atoms with E-state index >= 15 is 0 Å². The van der Waals surface area contributed by atoms with Gasteiger partial charge in [-0.05, 0) is 35.6 Å². The zero-order valence-electron chi connectivity index (χ0n) is 16.7. The maximum Gasteiger partial charge on any atom is 0.243 e. The van der Waals surface area contributed by atoms with Gasteiger partial charge in [-0.2, -0.15) is 4.31 Å². The Bertz CT molecular complexity index is 847. The fraction of sp³-hybridized carbons (Fsp3) is 0.455. The van der Waals surface area contributed by atoms with E-state index in [0.717, 1.165) is 18.7 Å². The predicted octanol–water partition coefficient (Wildman–Crippen LogP) is 4.05. The highest BCUT2D eigenvalue weighted by Crippen LogP contribution is 2.26. The van der Waals surface area contributed by atoms with Gasteiger partial charge in [0, 0.05) is 32.2 Å². The highest BCUT2D eigenvalue weighted by Gasteiger charge is 2.30. The van der Waals surface area contributed by atoms with Crippen LogP contribution in [0, 0.1) is 0 Å². The molecule has 146 valence electrons. The summed E-state index contributed by atoms with van der Waals surface area (Å²) in [5, 5.41) is 0. The van der Waals surface area contributed by atoms with Gasteiger partial charge in [0.05, 0.1) is 4.90 Å². The van der Waals surface area contributed by atoms with Crippen LogP contribution in [0.1, 0.15) is 44.9 Å². The van der Waals surface area contributed by atoms with Crippen molar-refractivity contribution < 1.29 is 8.42 Å². The van der Waals surface area contributed by atoms with Gasteiger partial charge in [-0.3, -0.25) is 4.90 Å². The number of rotatable bonds is 4. The van der Waals surface area contributed by atoms with Gasteiger partial charge in [0.1, 0.15) is 0 Å². The average molecular weight is 387 g/mol.